The van der Waals surface area contributed by atoms with Gasteiger partial charge in [-0.1, -0.05) is 12.1 Å². The van der Waals surface area contributed by atoms with Gasteiger partial charge < -0.3 is 10.6 Å². The van der Waals surface area contributed by atoms with Crippen molar-refractivity contribution in [2.24, 2.45) is 0 Å². The summed E-state index contributed by atoms with van der Waals surface area (Å²) in [6.07, 6.45) is -4.44. The quantitative estimate of drug-likeness (QED) is 0.577. The number of alkyl halides is 3. The Labute approximate surface area is 144 Å². The Morgan fingerprint density at radius 3 is 2.60 bits per heavy atom. The van der Waals surface area contributed by atoms with Gasteiger partial charge >= 0.3 is 6.18 Å². The highest BCUT2D eigenvalue weighted by molar-refractivity contribution is 7.15. The van der Waals surface area contributed by atoms with Gasteiger partial charge in [-0.25, -0.2) is 0 Å². The third-order valence-corrected chi connectivity index (χ3v) is 4.22. The zero-order valence-electron chi connectivity index (χ0n) is 12.8. The van der Waals surface area contributed by atoms with Crippen LogP contribution in [-0.2, 0) is 11.3 Å². The average Bonchev–Trinajstić information content (AvgIpc) is 3.01. The van der Waals surface area contributed by atoms with Crippen LogP contribution in [0.4, 0.5) is 18.9 Å². The van der Waals surface area contributed by atoms with Crippen molar-refractivity contribution in [3.05, 3.63) is 51.4 Å². The van der Waals surface area contributed by atoms with Crippen molar-refractivity contribution >= 4 is 22.9 Å². The van der Waals surface area contributed by atoms with Crippen LogP contribution in [0, 0.1) is 10.1 Å². The van der Waals surface area contributed by atoms with Gasteiger partial charge in [-0.2, -0.15) is 13.2 Å². The molecule has 0 aliphatic carbocycles. The maximum atomic E-state index is 12.0. The first-order chi connectivity index (χ1) is 11.8. The van der Waals surface area contributed by atoms with E-state index in [0.717, 1.165) is 4.88 Å². The molecule has 134 valence electrons. The SMILES string of the molecule is O=C(CNCc1ccc(-c2ccccc2[N+](=O)[O-])s1)NCC(F)(F)F. The van der Waals surface area contributed by atoms with E-state index in [1.165, 1.54) is 17.4 Å². The molecule has 25 heavy (non-hydrogen) atoms. The van der Waals surface area contributed by atoms with Gasteiger partial charge in [0.05, 0.1) is 17.0 Å². The zero-order valence-corrected chi connectivity index (χ0v) is 13.6. The van der Waals surface area contributed by atoms with E-state index in [2.05, 4.69) is 5.32 Å². The van der Waals surface area contributed by atoms with E-state index in [4.69, 9.17) is 0 Å². The zero-order chi connectivity index (χ0) is 18.4. The number of nitrogens with one attached hydrogen (secondary N) is 2. The second-order valence-electron chi connectivity index (χ2n) is 5.04. The van der Waals surface area contributed by atoms with Gasteiger partial charge in [0.1, 0.15) is 6.54 Å². The number of para-hydroxylation sites is 1. The molecule has 0 radical (unpaired) electrons. The van der Waals surface area contributed by atoms with Gasteiger partial charge in [-0.15, -0.1) is 11.3 Å². The lowest BCUT2D eigenvalue weighted by Crippen LogP contribution is -2.39. The fraction of sp³-hybridized carbons (Fsp3) is 0.267. The molecule has 0 bridgehead atoms. The highest BCUT2D eigenvalue weighted by Gasteiger charge is 2.27. The molecule has 0 aliphatic heterocycles. The Morgan fingerprint density at radius 2 is 1.92 bits per heavy atom. The number of nitrogens with zero attached hydrogens (tertiary/aromatic N) is 1. The summed E-state index contributed by atoms with van der Waals surface area (Å²) in [6.45, 7) is -1.35. The first-order valence-corrected chi connectivity index (χ1v) is 7.94. The number of carbonyl (C=O) groups excluding carboxylic acids is 1. The molecule has 1 aromatic heterocycles. The summed E-state index contributed by atoms with van der Waals surface area (Å²) in [5.74, 6) is -0.757. The maximum Gasteiger partial charge on any atom is 0.405 e. The number of nitro benzene ring substituents is 1. The van der Waals surface area contributed by atoms with Crippen molar-refractivity contribution in [3.63, 3.8) is 0 Å². The molecule has 6 nitrogen and oxygen atoms in total. The lowest BCUT2D eigenvalue weighted by atomic mass is 10.1. The topological polar surface area (TPSA) is 84.3 Å². The Bertz CT molecular complexity index is 762. The van der Waals surface area contributed by atoms with Crippen molar-refractivity contribution in [3.8, 4) is 10.4 Å². The molecule has 1 amide bonds. The van der Waals surface area contributed by atoms with E-state index >= 15 is 0 Å². The van der Waals surface area contributed by atoms with Crippen LogP contribution >= 0.6 is 11.3 Å². The van der Waals surface area contributed by atoms with E-state index in [0.29, 0.717) is 10.4 Å². The Morgan fingerprint density at radius 1 is 1.20 bits per heavy atom. The van der Waals surface area contributed by atoms with E-state index in [9.17, 15) is 28.1 Å². The van der Waals surface area contributed by atoms with Crippen LogP contribution in [0.5, 0.6) is 0 Å². The summed E-state index contributed by atoms with van der Waals surface area (Å²) >= 11 is 1.31. The van der Waals surface area contributed by atoms with Crippen LogP contribution in [0.2, 0.25) is 0 Å². The van der Waals surface area contributed by atoms with Crippen molar-refractivity contribution in [1.29, 1.82) is 0 Å². The van der Waals surface area contributed by atoms with E-state index in [1.54, 1.807) is 35.6 Å². The third kappa shape index (κ3) is 5.84. The number of amides is 1. The number of halogens is 3. The van der Waals surface area contributed by atoms with E-state index in [-0.39, 0.29) is 18.8 Å². The minimum absolute atomic E-state index is 0.00427. The smallest absolute Gasteiger partial charge is 0.346 e. The molecule has 1 heterocycles. The molecule has 0 saturated carbocycles. The summed E-state index contributed by atoms with van der Waals surface area (Å²) in [5, 5.41) is 15.6. The van der Waals surface area contributed by atoms with Crippen LogP contribution < -0.4 is 10.6 Å². The van der Waals surface area contributed by atoms with Gasteiger partial charge in [-0.05, 0) is 18.2 Å². The second-order valence-corrected chi connectivity index (χ2v) is 6.20. The predicted octanol–water partition coefficient (Wildman–Crippen LogP) is 3.09. The van der Waals surface area contributed by atoms with Crippen LogP contribution in [0.3, 0.4) is 0 Å². The lowest BCUT2D eigenvalue weighted by molar-refractivity contribution is -0.384. The number of hydrogen-bond acceptors (Lipinski definition) is 5. The molecule has 0 spiro atoms. The molecule has 0 unspecified atom stereocenters. The number of nitro groups is 1. The van der Waals surface area contributed by atoms with Gasteiger partial charge in [0.15, 0.2) is 0 Å². The summed E-state index contributed by atoms with van der Waals surface area (Å²) < 4.78 is 35.9. The molecule has 2 N–H and O–H groups in total. The van der Waals surface area contributed by atoms with Crippen LogP contribution in [-0.4, -0.2) is 30.1 Å². The fourth-order valence-corrected chi connectivity index (χ4v) is 3.03. The number of carbonyl (C=O) groups is 1. The minimum atomic E-state index is -4.44. The fourth-order valence-electron chi connectivity index (χ4n) is 2.02. The van der Waals surface area contributed by atoms with E-state index < -0.39 is 23.6 Å². The molecule has 2 rings (SSSR count). The predicted molar refractivity (Wildman–Crippen MR) is 87.2 cm³/mol. The van der Waals surface area contributed by atoms with Gasteiger partial charge in [0, 0.05) is 22.4 Å². The largest absolute Gasteiger partial charge is 0.405 e. The number of benzene rings is 1. The first kappa shape index (κ1) is 18.9. The summed E-state index contributed by atoms with van der Waals surface area (Å²) in [5.41, 5.74) is 0.488. The standard InChI is InChI=1S/C15H14F3N3O3S/c16-15(17,18)9-20-14(22)8-19-7-10-5-6-13(25-10)11-3-1-2-4-12(11)21(23)24/h1-6,19H,7-9H2,(H,20,22). The van der Waals surface area contributed by atoms with Crippen LogP contribution in [0.25, 0.3) is 10.4 Å². The monoisotopic (exact) mass is 373 g/mol. The van der Waals surface area contributed by atoms with Crippen molar-refractivity contribution in [2.75, 3.05) is 13.1 Å². The van der Waals surface area contributed by atoms with Crippen molar-refractivity contribution in [2.45, 2.75) is 12.7 Å². The van der Waals surface area contributed by atoms with E-state index in [1.807, 2.05) is 0 Å². The maximum absolute atomic E-state index is 12.0. The van der Waals surface area contributed by atoms with Crippen molar-refractivity contribution < 1.29 is 22.9 Å². The van der Waals surface area contributed by atoms with Gasteiger partial charge in [-0.3, -0.25) is 14.9 Å². The molecule has 0 fully saturated rings. The summed E-state index contributed by atoms with van der Waals surface area (Å²) in [7, 11) is 0. The van der Waals surface area contributed by atoms with Gasteiger partial charge in [0.2, 0.25) is 5.91 Å². The Kier molecular flexibility index (Phi) is 6.10. The Balaban J connectivity index is 1.90. The molecule has 0 atom stereocenters. The summed E-state index contributed by atoms with van der Waals surface area (Å²) in [4.78, 5) is 23.4. The summed E-state index contributed by atoms with van der Waals surface area (Å²) in [6, 6.07) is 9.82. The first-order valence-electron chi connectivity index (χ1n) is 7.13. The highest BCUT2D eigenvalue weighted by atomic mass is 32.1. The Hall–Kier alpha value is -2.46. The molecular formula is C15H14F3N3O3S. The molecule has 0 aliphatic rings. The third-order valence-electron chi connectivity index (χ3n) is 3.10. The molecular weight excluding hydrogens is 359 g/mol. The molecule has 10 heteroatoms. The second kappa shape index (κ2) is 8.08. The minimum Gasteiger partial charge on any atom is -0.346 e. The van der Waals surface area contributed by atoms with Gasteiger partial charge in [0.25, 0.3) is 5.69 Å². The normalized spacial score (nSPS) is 11.3. The molecule has 0 saturated heterocycles. The number of thiophene rings is 1. The van der Waals surface area contributed by atoms with Crippen LogP contribution in [0.15, 0.2) is 36.4 Å². The van der Waals surface area contributed by atoms with Crippen molar-refractivity contribution in [1.82, 2.24) is 10.6 Å². The molecule has 1 aromatic carbocycles. The number of hydrogen-bond donors (Lipinski definition) is 2. The number of rotatable bonds is 7. The highest BCUT2D eigenvalue weighted by Crippen LogP contribution is 2.34. The molecule has 2 aromatic rings. The van der Waals surface area contributed by atoms with Crippen LogP contribution in [0.1, 0.15) is 4.88 Å². The average molecular weight is 373 g/mol. The lowest BCUT2D eigenvalue weighted by Gasteiger charge is -2.08.